The van der Waals surface area contributed by atoms with Crippen molar-refractivity contribution in [2.75, 3.05) is 39.6 Å². The normalized spacial score (nSPS) is 24.1. The SMILES string of the molecule is CCCCOC[C@H]1OC(C(F)(F)CC(C(=O)OCC)[N+](=O)[O-])[C@H](OCCCC)[C@@H](OCCCC)[C@H]1OCCCC. The van der Waals surface area contributed by atoms with Gasteiger partial charge in [-0.3, -0.25) is 10.1 Å². The van der Waals surface area contributed by atoms with E-state index in [9.17, 15) is 14.9 Å². The Morgan fingerprint density at radius 3 is 1.85 bits per heavy atom. The van der Waals surface area contributed by atoms with Gasteiger partial charge in [-0.2, -0.15) is 0 Å². The molecule has 0 saturated carbocycles. The van der Waals surface area contributed by atoms with Gasteiger partial charge in [0.05, 0.1) is 19.6 Å². The molecule has 1 saturated heterocycles. The minimum atomic E-state index is -3.83. The van der Waals surface area contributed by atoms with Crippen molar-refractivity contribution in [3.8, 4) is 0 Å². The zero-order chi connectivity index (χ0) is 30.0. The van der Waals surface area contributed by atoms with Crippen molar-refractivity contribution in [3.05, 3.63) is 10.1 Å². The Hall–Kier alpha value is -1.47. The lowest BCUT2D eigenvalue weighted by Crippen LogP contribution is -2.66. The summed E-state index contributed by atoms with van der Waals surface area (Å²) in [6, 6.07) is -2.26. The lowest BCUT2D eigenvalue weighted by Gasteiger charge is -2.48. The van der Waals surface area contributed by atoms with Crippen LogP contribution in [0, 0.1) is 10.1 Å². The van der Waals surface area contributed by atoms with Crippen LogP contribution in [0.25, 0.3) is 0 Å². The molecule has 0 aromatic rings. The summed E-state index contributed by atoms with van der Waals surface area (Å²) in [7, 11) is 0. The van der Waals surface area contributed by atoms with E-state index in [2.05, 4.69) is 0 Å². The summed E-state index contributed by atoms with van der Waals surface area (Å²) >= 11 is 0. The molecule has 0 radical (unpaired) electrons. The van der Waals surface area contributed by atoms with Crippen molar-refractivity contribution in [1.82, 2.24) is 0 Å². The van der Waals surface area contributed by atoms with E-state index in [4.69, 9.17) is 28.4 Å². The van der Waals surface area contributed by atoms with Crippen LogP contribution in [0.3, 0.4) is 0 Å². The Labute approximate surface area is 237 Å². The number of esters is 1. The average Bonchev–Trinajstić information content (AvgIpc) is 2.91. The first kappa shape index (κ1) is 36.6. The monoisotopic (exact) mass is 583 g/mol. The maximum Gasteiger partial charge on any atom is 0.381 e. The number of unbranched alkanes of at least 4 members (excludes halogenated alkanes) is 4. The first-order valence-electron chi connectivity index (χ1n) is 14.9. The number of carbonyl (C=O) groups excluding carboxylic acids is 1. The summed E-state index contributed by atoms with van der Waals surface area (Å²) < 4.78 is 66.9. The molecule has 0 aromatic heterocycles. The molecule has 1 aliphatic rings. The van der Waals surface area contributed by atoms with Crippen molar-refractivity contribution < 1.29 is 46.9 Å². The summed E-state index contributed by atoms with van der Waals surface area (Å²) in [6.07, 6.45) is -0.994. The van der Waals surface area contributed by atoms with Crippen LogP contribution in [0.2, 0.25) is 0 Å². The Bertz CT molecular complexity index is 701. The number of nitrogens with zero attached hydrogens (tertiary/aromatic N) is 1. The third kappa shape index (κ3) is 12.2. The summed E-state index contributed by atoms with van der Waals surface area (Å²) in [5.41, 5.74) is 0. The molecule has 12 heteroatoms. The van der Waals surface area contributed by atoms with Crippen LogP contribution in [-0.2, 0) is 33.2 Å². The number of halogens is 2. The molecular formula is C28H51F2NO9. The molecule has 0 bridgehead atoms. The van der Waals surface area contributed by atoms with E-state index in [0.717, 1.165) is 38.5 Å². The van der Waals surface area contributed by atoms with Crippen LogP contribution in [-0.4, -0.2) is 93.0 Å². The highest BCUT2D eigenvalue weighted by Crippen LogP contribution is 2.39. The van der Waals surface area contributed by atoms with Crippen LogP contribution in [0.15, 0.2) is 0 Å². The molecule has 0 N–H and O–H groups in total. The van der Waals surface area contributed by atoms with Gasteiger partial charge >= 0.3 is 12.0 Å². The first-order valence-corrected chi connectivity index (χ1v) is 14.9. The van der Waals surface area contributed by atoms with E-state index in [-0.39, 0.29) is 19.8 Å². The molecule has 0 aliphatic carbocycles. The van der Waals surface area contributed by atoms with Gasteiger partial charge in [0, 0.05) is 31.4 Å². The summed E-state index contributed by atoms with van der Waals surface area (Å²) in [6.45, 7) is 10.5. The van der Waals surface area contributed by atoms with Crippen molar-refractivity contribution >= 4 is 5.97 Å². The van der Waals surface area contributed by atoms with Gasteiger partial charge in [0.1, 0.15) is 24.4 Å². The molecule has 0 spiro atoms. The molecule has 0 aromatic carbocycles. The number of alkyl halides is 2. The van der Waals surface area contributed by atoms with E-state index in [1.165, 1.54) is 6.92 Å². The van der Waals surface area contributed by atoms with Crippen LogP contribution < -0.4 is 0 Å². The maximum atomic E-state index is 16.0. The summed E-state index contributed by atoms with van der Waals surface area (Å²) in [5.74, 6) is -5.15. The molecule has 6 atom stereocenters. The van der Waals surface area contributed by atoms with Gasteiger partial charge in [-0.15, -0.1) is 0 Å². The van der Waals surface area contributed by atoms with Crippen molar-refractivity contribution in [2.24, 2.45) is 0 Å². The Morgan fingerprint density at radius 2 is 1.35 bits per heavy atom. The van der Waals surface area contributed by atoms with E-state index in [0.29, 0.717) is 32.7 Å². The smallest absolute Gasteiger partial charge is 0.381 e. The summed E-state index contributed by atoms with van der Waals surface area (Å²) in [4.78, 5) is 22.8. The van der Waals surface area contributed by atoms with Crippen LogP contribution in [0.4, 0.5) is 8.78 Å². The topological polar surface area (TPSA) is 116 Å². The predicted molar refractivity (Wildman–Crippen MR) is 145 cm³/mol. The quantitative estimate of drug-likeness (QED) is 0.0678. The lowest BCUT2D eigenvalue weighted by molar-refractivity contribution is -0.517. The van der Waals surface area contributed by atoms with E-state index in [1.807, 2.05) is 27.7 Å². The largest absolute Gasteiger partial charge is 0.461 e. The maximum absolute atomic E-state index is 16.0. The molecule has 1 aliphatic heterocycles. The van der Waals surface area contributed by atoms with Crippen molar-refractivity contribution in [2.45, 2.75) is 135 Å². The molecule has 0 amide bonds. The molecule has 2 unspecified atom stereocenters. The van der Waals surface area contributed by atoms with Crippen LogP contribution in [0.5, 0.6) is 0 Å². The number of hydrogen-bond acceptors (Lipinski definition) is 9. The standard InChI is InChI=1S/C28H51F2NO9/c1-6-11-15-35-20-22-23(37-16-12-7-2)24(38-17-13-8-3)25(39-18-14-9-4)26(40-22)28(29,30)19-21(31(33)34)27(32)36-10-5/h21-26H,6-20H2,1-5H3/t21?,22-,23+,24+,25-,26?/m1/s1. The number of rotatable bonds is 23. The Morgan fingerprint density at radius 1 is 0.850 bits per heavy atom. The fourth-order valence-corrected chi connectivity index (χ4v) is 4.36. The fourth-order valence-electron chi connectivity index (χ4n) is 4.36. The van der Waals surface area contributed by atoms with E-state index in [1.54, 1.807) is 0 Å². The molecule has 236 valence electrons. The second-order valence-corrected chi connectivity index (χ2v) is 10.1. The highest BCUT2D eigenvalue weighted by Gasteiger charge is 2.59. The zero-order valence-corrected chi connectivity index (χ0v) is 24.9. The molecule has 1 fully saturated rings. The molecule has 1 heterocycles. The van der Waals surface area contributed by atoms with Gasteiger partial charge in [-0.25, -0.2) is 13.6 Å². The summed E-state index contributed by atoms with van der Waals surface area (Å²) in [5, 5.41) is 11.6. The number of nitro groups is 1. The van der Waals surface area contributed by atoms with Gasteiger partial charge in [0.2, 0.25) is 0 Å². The third-order valence-corrected chi connectivity index (χ3v) is 6.68. The minimum Gasteiger partial charge on any atom is -0.461 e. The first-order chi connectivity index (χ1) is 19.2. The van der Waals surface area contributed by atoms with Crippen molar-refractivity contribution in [1.29, 1.82) is 0 Å². The highest BCUT2D eigenvalue weighted by atomic mass is 19.3. The van der Waals surface area contributed by atoms with Gasteiger partial charge in [-0.05, 0) is 32.6 Å². The van der Waals surface area contributed by atoms with Gasteiger partial charge in [0.15, 0.2) is 6.10 Å². The molecule has 1 rings (SSSR count). The Balaban J connectivity index is 3.46. The predicted octanol–water partition coefficient (Wildman–Crippen LogP) is 5.36. The lowest BCUT2D eigenvalue weighted by atomic mass is 9.88. The Kier molecular flexibility index (Phi) is 18.7. The van der Waals surface area contributed by atoms with Gasteiger partial charge in [-0.1, -0.05) is 53.4 Å². The van der Waals surface area contributed by atoms with E-state index >= 15 is 8.78 Å². The third-order valence-electron chi connectivity index (χ3n) is 6.68. The molecular weight excluding hydrogens is 532 g/mol. The second-order valence-electron chi connectivity index (χ2n) is 10.1. The van der Waals surface area contributed by atoms with Gasteiger partial charge < -0.3 is 28.4 Å². The zero-order valence-electron chi connectivity index (χ0n) is 24.9. The van der Waals surface area contributed by atoms with Gasteiger partial charge in [0.25, 0.3) is 5.92 Å². The number of ether oxygens (including phenoxy) is 6. The number of carbonyl (C=O) groups is 1. The fraction of sp³-hybridized carbons (Fsp3) is 0.964. The van der Waals surface area contributed by atoms with E-state index < -0.39 is 59.8 Å². The van der Waals surface area contributed by atoms with Crippen LogP contribution >= 0.6 is 0 Å². The van der Waals surface area contributed by atoms with Crippen molar-refractivity contribution in [3.63, 3.8) is 0 Å². The van der Waals surface area contributed by atoms with Crippen LogP contribution in [0.1, 0.15) is 92.4 Å². The second kappa shape index (κ2) is 20.4. The average molecular weight is 584 g/mol. The highest BCUT2D eigenvalue weighted by molar-refractivity contribution is 5.74. The molecule has 10 nitrogen and oxygen atoms in total. The minimum absolute atomic E-state index is 0.0186. The molecule has 40 heavy (non-hydrogen) atoms. The number of hydrogen-bond donors (Lipinski definition) is 0.